The number of rotatable bonds is 3. The van der Waals surface area contributed by atoms with Crippen LogP contribution in [0.15, 0.2) is 23.1 Å². The molecule has 156 valence electrons. The van der Waals surface area contributed by atoms with Crippen molar-refractivity contribution in [3.05, 3.63) is 51.2 Å². The molecule has 0 bridgehead atoms. The molecule has 0 unspecified atom stereocenters. The molecule has 1 aromatic heterocycles. The van der Waals surface area contributed by atoms with Crippen molar-refractivity contribution in [3.8, 4) is 5.75 Å². The maximum absolute atomic E-state index is 14.4. The Hall–Kier alpha value is -2.62. The molecule has 10 heteroatoms. The van der Waals surface area contributed by atoms with Crippen LogP contribution in [0.3, 0.4) is 0 Å². The van der Waals surface area contributed by atoms with Crippen molar-refractivity contribution in [3.63, 3.8) is 0 Å². The lowest BCUT2D eigenvalue weighted by atomic mass is 10.1. The van der Waals surface area contributed by atoms with E-state index in [9.17, 15) is 22.4 Å². The molecule has 29 heavy (non-hydrogen) atoms. The molecule has 0 atom stereocenters. The van der Waals surface area contributed by atoms with Crippen LogP contribution >= 0.6 is 0 Å². The van der Waals surface area contributed by atoms with Crippen molar-refractivity contribution in [2.24, 2.45) is 0 Å². The molecule has 2 aliphatic heterocycles. The van der Waals surface area contributed by atoms with E-state index in [1.165, 1.54) is 17.0 Å². The van der Waals surface area contributed by atoms with Crippen LogP contribution in [0.25, 0.3) is 0 Å². The van der Waals surface area contributed by atoms with E-state index in [1.54, 1.807) is 0 Å². The zero-order valence-corrected chi connectivity index (χ0v) is 15.7. The Morgan fingerprint density at radius 3 is 2.55 bits per heavy atom. The second-order valence-corrected chi connectivity index (χ2v) is 7.44. The summed E-state index contributed by atoms with van der Waals surface area (Å²) in [5, 5.41) is 5.32. The summed E-state index contributed by atoms with van der Waals surface area (Å²) in [5.41, 5.74) is -2.24. The van der Waals surface area contributed by atoms with Gasteiger partial charge < -0.3 is 14.5 Å². The second-order valence-electron chi connectivity index (χ2n) is 7.44. The molecule has 2 aliphatic rings. The number of aromatic nitrogens is 2. The van der Waals surface area contributed by atoms with E-state index in [1.807, 2.05) is 12.1 Å². The number of aromatic amines is 1. The number of hydrogen-bond acceptors (Lipinski definition) is 5. The van der Waals surface area contributed by atoms with Crippen LogP contribution in [0.5, 0.6) is 5.75 Å². The second kappa shape index (κ2) is 7.33. The summed E-state index contributed by atoms with van der Waals surface area (Å²) >= 11 is 0. The number of ether oxygens (including phenoxy) is 1. The summed E-state index contributed by atoms with van der Waals surface area (Å²) in [5.74, 6) is -0.0330. The topological polar surface area (TPSA) is 61.5 Å². The highest BCUT2D eigenvalue weighted by Crippen LogP contribution is 2.40. The summed E-state index contributed by atoms with van der Waals surface area (Å²) in [6.45, 7) is 1.67. The SMILES string of the molecule is CN1CCC(Oc2ccc(F)c3c2CN(c2cn[nH]c(=O)c2C(F)(F)F)C3)CC1. The Morgan fingerprint density at radius 1 is 1.17 bits per heavy atom. The minimum atomic E-state index is -4.85. The molecule has 0 radical (unpaired) electrons. The summed E-state index contributed by atoms with van der Waals surface area (Å²) in [6.07, 6.45) is -2.29. The van der Waals surface area contributed by atoms with Crippen LogP contribution in [0.4, 0.5) is 23.2 Å². The number of likely N-dealkylation sites (tertiary alicyclic amines) is 1. The van der Waals surface area contributed by atoms with Gasteiger partial charge in [0.05, 0.1) is 11.9 Å². The molecular formula is C19H20F4N4O2. The number of benzene rings is 1. The lowest BCUT2D eigenvalue weighted by molar-refractivity contribution is -0.138. The number of nitrogens with one attached hydrogen (secondary N) is 1. The minimum Gasteiger partial charge on any atom is -0.490 e. The van der Waals surface area contributed by atoms with Crippen molar-refractivity contribution in [1.29, 1.82) is 0 Å². The van der Waals surface area contributed by atoms with E-state index in [-0.39, 0.29) is 30.4 Å². The highest BCUT2D eigenvalue weighted by molar-refractivity contribution is 5.58. The number of halogens is 4. The molecule has 1 saturated heterocycles. The summed E-state index contributed by atoms with van der Waals surface area (Å²) in [6, 6.07) is 2.80. The van der Waals surface area contributed by atoms with E-state index >= 15 is 0 Å². The zero-order valence-electron chi connectivity index (χ0n) is 15.7. The molecule has 0 saturated carbocycles. The Balaban J connectivity index is 1.64. The van der Waals surface area contributed by atoms with Gasteiger partial charge in [-0.05, 0) is 32.0 Å². The van der Waals surface area contributed by atoms with Crippen molar-refractivity contribution >= 4 is 5.69 Å². The van der Waals surface area contributed by atoms with E-state index in [2.05, 4.69) is 10.00 Å². The molecule has 6 nitrogen and oxygen atoms in total. The van der Waals surface area contributed by atoms with Crippen LogP contribution in [0, 0.1) is 5.82 Å². The molecule has 3 heterocycles. The first-order chi connectivity index (χ1) is 13.7. The summed E-state index contributed by atoms with van der Waals surface area (Å²) < 4.78 is 60.7. The number of fused-ring (bicyclic) bond motifs is 1. The highest BCUT2D eigenvalue weighted by atomic mass is 19.4. The van der Waals surface area contributed by atoms with Gasteiger partial charge in [-0.2, -0.15) is 18.3 Å². The van der Waals surface area contributed by atoms with Gasteiger partial charge in [0.2, 0.25) is 0 Å². The van der Waals surface area contributed by atoms with E-state index in [0.29, 0.717) is 11.3 Å². The summed E-state index contributed by atoms with van der Waals surface area (Å²) in [7, 11) is 2.03. The van der Waals surface area contributed by atoms with E-state index < -0.39 is 23.1 Å². The van der Waals surface area contributed by atoms with Gasteiger partial charge in [0.15, 0.2) is 0 Å². The van der Waals surface area contributed by atoms with Crippen LogP contribution < -0.4 is 15.2 Å². The van der Waals surface area contributed by atoms with Crippen LogP contribution in [-0.2, 0) is 19.3 Å². The van der Waals surface area contributed by atoms with Crippen molar-refractivity contribution in [2.75, 3.05) is 25.0 Å². The fourth-order valence-corrected chi connectivity index (χ4v) is 3.89. The van der Waals surface area contributed by atoms with Gasteiger partial charge in [0.25, 0.3) is 5.56 Å². The third kappa shape index (κ3) is 3.81. The van der Waals surface area contributed by atoms with Crippen LogP contribution in [-0.4, -0.2) is 41.3 Å². The van der Waals surface area contributed by atoms with Gasteiger partial charge in [0.1, 0.15) is 23.2 Å². The van der Waals surface area contributed by atoms with Crippen molar-refractivity contribution < 1.29 is 22.3 Å². The Kier molecular flexibility index (Phi) is 4.97. The maximum Gasteiger partial charge on any atom is 0.423 e. The first kappa shape index (κ1) is 19.7. The van der Waals surface area contributed by atoms with Gasteiger partial charge >= 0.3 is 6.18 Å². The third-order valence-electron chi connectivity index (χ3n) is 5.45. The quantitative estimate of drug-likeness (QED) is 0.786. The van der Waals surface area contributed by atoms with E-state index in [0.717, 1.165) is 32.1 Å². The monoisotopic (exact) mass is 412 g/mol. The normalized spacial score (nSPS) is 18.2. The molecule has 2 aromatic rings. The van der Waals surface area contributed by atoms with Gasteiger partial charge in [-0.3, -0.25) is 4.79 Å². The molecule has 1 aromatic carbocycles. The van der Waals surface area contributed by atoms with Crippen LogP contribution in [0.1, 0.15) is 29.5 Å². The largest absolute Gasteiger partial charge is 0.490 e. The maximum atomic E-state index is 14.4. The molecule has 1 fully saturated rings. The molecule has 1 N–H and O–H groups in total. The molecule has 0 amide bonds. The fourth-order valence-electron chi connectivity index (χ4n) is 3.89. The van der Waals surface area contributed by atoms with Gasteiger partial charge in [-0.1, -0.05) is 0 Å². The predicted molar refractivity (Wildman–Crippen MR) is 97.3 cm³/mol. The Bertz CT molecular complexity index is 968. The van der Waals surface area contributed by atoms with Gasteiger partial charge in [-0.15, -0.1) is 0 Å². The number of anilines is 1. The van der Waals surface area contributed by atoms with E-state index in [4.69, 9.17) is 4.74 Å². The predicted octanol–water partition coefficient (Wildman–Crippen LogP) is 2.92. The van der Waals surface area contributed by atoms with Crippen molar-refractivity contribution in [2.45, 2.75) is 38.2 Å². The van der Waals surface area contributed by atoms with Crippen molar-refractivity contribution in [1.82, 2.24) is 15.1 Å². The number of alkyl halides is 3. The molecule has 4 rings (SSSR count). The smallest absolute Gasteiger partial charge is 0.423 e. The standard InChI is InChI=1S/C19H20F4N4O2/c1-26-6-4-11(5-7-26)29-16-3-2-14(20)12-9-27(10-13(12)16)15-8-24-25-18(28)17(15)19(21,22)23/h2-3,8,11H,4-7,9-10H2,1H3,(H,25,28). The number of H-pyrrole nitrogens is 1. The average molecular weight is 412 g/mol. The summed E-state index contributed by atoms with van der Waals surface area (Å²) in [4.78, 5) is 15.3. The number of hydrogen-bond donors (Lipinski definition) is 1. The molecular weight excluding hydrogens is 392 g/mol. The Labute approximate surface area is 164 Å². The van der Waals surface area contributed by atoms with Gasteiger partial charge in [0, 0.05) is 37.3 Å². The molecule has 0 aliphatic carbocycles. The lowest BCUT2D eigenvalue weighted by Crippen LogP contribution is -2.35. The molecule has 0 spiro atoms. The number of piperidine rings is 1. The minimum absolute atomic E-state index is 0.00324. The van der Waals surface area contributed by atoms with Crippen LogP contribution in [0.2, 0.25) is 0 Å². The lowest BCUT2D eigenvalue weighted by Gasteiger charge is -2.30. The third-order valence-corrected chi connectivity index (χ3v) is 5.45. The van der Waals surface area contributed by atoms with Gasteiger partial charge in [-0.25, -0.2) is 9.49 Å². The highest BCUT2D eigenvalue weighted by Gasteiger charge is 2.40. The first-order valence-electron chi connectivity index (χ1n) is 9.29. The average Bonchev–Trinajstić information content (AvgIpc) is 3.11. The fraction of sp³-hybridized carbons (Fsp3) is 0.474. The number of nitrogens with zero attached hydrogens (tertiary/aromatic N) is 3. The zero-order chi connectivity index (χ0) is 20.8. The first-order valence-corrected chi connectivity index (χ1v) is 9.29. The Morgan fingerprint density at radius 2 is 1.86 bits per heavy atom.